The highest BCUT2D eigenvalue weighted by atomic mass is 16.5. The molecule has 1 amide bonds. The zero-order valence-corrected chi connectivity index (χ0v) is 15.9. The summed E-state index contributed by atoms with van der Waals surface area (Å²) in [6.45, 7) is 6.26. The molecule has 26 heavy (non-hydrogen) atoms. The van der Waals surface area contributed by atoms with E-state index in [0.717, 1.165) is 18.8 Å². The van der Waals surface area contributed by atoms with Crippen LogP contribution in [0.15, 0.2) is 42.5 Å². The first-order chi connectivity index (χ1) is 12.5. The largest absolute Gasteiger partial charge is 0.497 e. The van der Waals surface area contributed by atoms with E-state index in [-0.39, 0.29) is 11.9 Å². The first kappa shape index (κ1) is 18.3. The Labute approximate surface area is 155 Å². The van der Waals surface area contributed by atoms with Gasteiger partial charge in [-0.25, -0.2) is 0 Å². The molecule has 2 aromatic carbocycles. The second-order valence-electron chi connectivity index (χ2n) is 6.66. The lowest BCUT2D eigenvalue weighted by Crippen LogP contribution is -2.55. The molecule has 1 fully saturated rings. The molecule has 1 aliphatic rings. The maximum atomic E-state index is 13.0. The Kier molecular flexibility index (Phi) is 5.47. The van der Waals surface area contributed by atoms with Crippen molar-refractivity contribution in [1.29, 1.82) is 0 Å². The number of nitrogens with zero attached hydrogens (tertiary/aromatic N) is 2. The van der Waals surface area contributed by atoms with E-state index in [9.17, 15) is 4.79 Å². The van der Waals surface area contributed by atoms with E-state index >= 15 is 0 Å². The number of methoxy groups -OCH3 is 2. The van der Waals surface area contributed by atoms with Crippen LogP contribution in [0.1, 0.15) is 18.1 Å². The molecule has 1 saturated heterocycles. The quantitative estimate of drug-likeness (QED) is 0.827. The van der Waals surface area contributed by atoms with Crippen LogP contribution in [0.4, 0.5) is 5.69 Å². The summed E-state index contributed by atoms with van der Waals surface area (Å²) in [5.74, 6) is 1.47. The van der Waals surface area contributed by atoms with Crippen LogP contribution in [0, 0.1) is 6.92 Å². The van der Waals surface area contributed by atoms with E-state index in [0.29, 0.717) is 18.0 Å². The molecule has 0 aromatic heterocycles. The highest BCUT2D eigenvalue weighted by Crippen LogP contribution is 2.34. The molecule has 0 aliphatic carbocycles. The smallest absolute Gasteiger partial charge is 0.244 e. The Balaban J connectivity index is 1.80. The summed E-state index contributed by atoms with van der Waals surface area (Å²) in [4.78, 5) is 17.1. The van der Waals surface area contributed by atoms with Gasteiger partial charge in [-0.3, -0.25) is 9.69 Å². The molecule has 3 rings (SSSR count). The van der Waals surface area contributed by atoms with Crippen molar-refractivity contribution in [3.05, 3.63) is 53.6 Å². The van der Waals surface area contributed by atoms with Gasteiger partial charge in [0.25, 0.3) is 0 Å². The fourth-order valence-electron chi connectivity index (χ4n) is 3.42. The summed E-state index contributed by atoms with van der Waals surface area (Å²) >= 11 is 0. The molecule has 138 valence electrons. The number of rotatable bonds is 5. The molecule has 0 unspecified atom stereocenters. The molecular weight excluding hydrogens is 328 g/mol. The van der Waals surface area contributed by atoms with Gasteiger partial charge >= 0.3 is 0 Å². The van der Waals surface area contributed by atoms with Crippen molar-refractivity contribution < 1.29 is 14.3 Å². The molecule has 5 heteroatoms. The number of carbonyl (C=O) groups is 1. The molecule has 0 spiro atoms. The van der Waals surface area contributed by atoms with Crippen LogP contribution in [-0.2, 0) is 11.3 Å². The highest BCUT2D eigenvalue weighted by molar-refractivity contribution is 5.99. The molecular formula is C21H26N2O3. The van der Waals surface area contributed by atoms with E-state index in [1.54, 1.807) is 19.1 Å². The average Bonchev–Trinajstić information content (AvgIpc) is 2.65. The lowest BCUT2D eigenvalue weighted by Gasteiger charge is -2.39. The van der Waals surface area contributed by atoms with Crippen LogP contribution < -0.4 is 14.4 Å². The van der Waals surface area contributed by atoms with Crippen LogP contribution in [-0.4, -0.2) is 44.2 Å². The van der Waals surface area contributed by atoms with Crippen molar-refractivity contribution in [2.75, 3.05) is 32.2 Å². The first-order valence-corrected chi connectivity index (χ1v) is 8.86. The van der Waals surface area contributed by atoms with Gasteiger partial charge in [-0.05, 0) is 31.5 Å². The van der Waals surface area contributed by atoms with Gasteiger partial charge in [0.2, 0.25) is 5.91 Å². The van der Waals surface area contributed by atoms with Gasteiger partial charge in [0.05, 0.1) is 25.9 Å². The molecule has 0 saturated carbocycles. The molecule has 0 N–H and O–H groups in total. The average molecular weight is 354 g/mol. The molecule has 0 bridgehead atoms. The predicted octanol–water partition coefficient (Wildman–Crippen LogP) is 3.25. The van der Waals surface area contributed by atoms with Crippen LogP contribution in [0.5, 0.6) is 11.5 Å². The SMILES string of the molecule is COc1ccc(OC)c(N2CCN(Cc3cccc(C)c3)[C@H](C)C2=O)c1. The summed E-state index contributed by atoms with van der Waals surface area (Å²) in [6.07, 6.45) is 0. The number of hydrogen-bond donors (Lipinski definition) is 0. The van der Waals surface area contributed by atoms with E-state index in [1.165, 1.54) is 11.1 Å². The second kappa shape index (κ2) is 7.79. The van der Waals surface area contributed by atoms with Gasteiger partial charge in [0.1, 0.15) is 11.5 Å². The van der Waals surface area contributed by atoms with E-state index in [2.05, 4.69) is 36.1 Å². The minimum atomic E-state index is -0.194. The molecule has 2 aromatic rings. The van der Waals surface area contributed by atoms with E-state index in [4.69, 9.17) is 9.47 Å². The lowest BCUT2D eigenvalue weighted by atomic mass is 10.1. The number of piperazine rings is 1. The van der Waals surface area contributed by atoms with E-state index in [1.807, 2.05) is 25.1 Å². The minimum absolute atomic E-state index is 0.0791. The number of aryl methyl sites for hydroxylation is 1. The second-order valence-corrected chi connectivity index (χ2v) is 6.66. The third-order valence-corrected chi connectivity index (χ3v) is 4.93. The van der Waals surface area contributed by atoms with Crippen LogP contribution in [0.2, 0.25) is 0 Å². The van der Waals surface area contributed by atoms with Crippen molar-refractivity contribution in [2.45, 2.75) is 26.4 Å². The number of carbonyl (C=O) groups excluding carboxylic acids is 1. The summed E-state index contributed by atoms with van der Waals surface area (Å²) in [5, 5.41) is 0. The molecule has 1 aliphatic heterocycles. The van der Waals surface area contributed by atoms with Gasteiger partial charge in [0, 0.05) is 25.7 Å². The number of anilines is 1. The predicted molar refractivity (Wildman–Crippen MR) is 103 cm³/mol. The van der Waals surface area contributed by atoms with Gasteiger partial charge < -0.3 is 14.4 Å². The van der Waals surface area contributed by atoms with Crippen molar-refractivity contribution in [2.24, 2.45) is 0 Å². The highest BCUT2D eigenvalue weighted by Gasteiger charge is 2.33. The van der Waals surface area contributed by atoms with Crippen LogP contribution >= 0.6 is 0 Å². The third kappa shape index (κ3) is 3.68. The molecule has 1 heterocycles. The standard InChI is InChI=1S/C21H26N2O3/c1-15-6-5-7-17(12-15)14-22-10-11-23(21(24)16(22)2)19-13-18(25-3)8-9-20(19)26-4/h5-9,12-13,16H,10-11,14H2,1-4H3/t16-/m1/s1. The zero-order chi connectivity index (χ0) is 18.7. The normalized spacial score (nSPS) is 18.1. The Morgan fingerprint density at radius 3 is 2.58 bits per heavy atom. The Hall–Kier alpha value is -2.53. The number of ether oxygens (including phenoxy) is 2. The van der Waals surface area contributed by atoms with Gasteiger partial charge in [-0.1, -0.05) is 29.8 Å². The number of amides is 1. The van der Waals surface area contributed by atoms with Crippen molar-refractivity contribution in [3.8, 4) is 11.5 Å². The van der Waals surface area contributed by atoms with Crippen molar-refractivity contribution >= 4 is 11.6 Å². The topological polar surface area (TPSA) is 42.0 Å². The Morgan fingerprint density at radius 2 is 1.88 bits per heavy atom. The van der Waals surface area contributed by atoms with Crippen LogP contribution in [0.25, 0.3) is 0 Å². The fraction of sp³-hybridized carbons (Fsp3) is 0.381. The monoisotopic (exact) mass is 354 g/mol. The summed E-state index contributed by atoms with van der Waals surface area (Å²) < 4.78 is 10.8. The van der Waals surface area contributed by atoms with Crippen molar-refractivity contribution in [3.63, 3.8) is 0 Å². The Morgan fingerprint density at radius 1 is 1.08 bits per heavy atom. The minimum Gasteiger partial charge on any atom is -0.497 e. The third-order valence-electron chi connectivity index (χ3n) is 4.93. The van der Waals surface area contributed by atoms with Gasteiger partial charge in [-0.2, -0.15) is 0 Å². The summed E-state index contributed by atoms with van der Waals surface area (Å²) in [6, 6.07) is 13.8. The number of hydrogen-bond acceptors (Lipinski definition) is 4. The molecule has 1 atom stereocenters. The lowest BCUT2D eigenvalue weighted by molar-refractivity contribution is -0.125. The maximum Gasteiger partial charge on any atom is 0.244 e. The summed E-state index contributed by atoms with van der Waals surface area (Å²) in [5.41, 5.74) is 3.23. The van der Waals surface area contributed by atoms with Gasteiger partial charge in [0.15, 0.2) is 0 Å². The Bertz CT molecular complexity index is 791. The maximum absolute atomic E-state index is 13.0. The van der Waals surface area contributed by atoms with Crippen molar-refractivity contribution in [1.82, 2.24) is 4.90 Å². The van der Waals surface area contributed by atoms with Gasteiger partial charge in [-0.15, -0.1) is 0 Å². The molecule has 5 nitrogen and oxygen atoms in total. The summed E-state index contributed by atoms with van der Waals surface area (Å²) in [7, 11) is 3.24. The van der Waals surface area contributed by atoms with Crippen LogP contribution in [0.3, 0.4) is 0 Å². The zero-order valence-electron chi connectivity index (χ0n) is 15.9. The first-order valence-electron chi connectivity index (χ1n) is 8.86. The molecule has 0 radical (unpaired) electrons. The number of benzene rings is 2. The van der Waals surface area contributed by atoms with E-state index < -0.39 is 0 Å². The fourth-order valence-corrected chi connectivity index (χ4v) is 3.42.